The van der Waals surface area contributed by atoms with Crippen LogP contribution in [0, 0.1) is 6.92 Å². The maximum atomic E-state index is 12.5. The van der Waals surface area contributed by atoms with Crippen molar-refractivity contribution in [2.75, 3.05) is 24.6 Å². The number of aryl methyl sites for hydroxylation is 1. The molecule has 5 nitrogen and oxygen atoms in total. The van der Waals surface area contributed by atoms with Crippen LogP contribution < -0.4 is 0 Å². The van der Waals surface area contributed by atoms with Crippen LogP contribution in [0.4, 0.5) is 0 Å². The van der Waals surface area contributed by atoms with E-state index in [1.165, 1.54) is 4.80 Å². The van der Waals surface area contributed by atoms with E-state index in [1.807, 2.05) is 53.9 Å². The summed E-state index contributed by atoms with van der Waals surface area (Å²) in [6.45, 7) is 3.42. The van der Waals surface area contributed by atoms with Gasteiger partial charge in [0.15, 0.2) is 5.69 Å². The van der Waals surface area contributed by atoms with Gasteiger partial charge in [0.2, 0.25) is 0 Å². The van der Waals surface area contributed by atoms with Gasteiger partial charge in [-0.1, -0.05) is 18.2 Å². The molecule has 0 bridgehead atoms. The largest absolute Gasteiger partial charge is 0.336 e. The van der Waals surface area contributed by atoms with Crippen molar-refractivity contribution in [1.29, 1.82) is 0 Å². The quantitative estimate of drug-likeness (QED) is 0.845. The number of hydrogen-bond donors (Lipinski definition) is 0. The van der Waals surface area contributed by atoms with Crippen molar-refractivity contribution in [2.45, 2.75) is 6.92 Å². The van der Waals surface area contributed by atoms with Crippen molar-refractivity contribution < 1.29 is 4.79 Å². The predicted molar refractivity (Wildman–Crippen MR) is 79.3 cm³/mol. The van der Waals surface area contributed by atoms with Crippen molar-refractivity contribution in [3.05, 3.63) is 41.7 Å². The Labute approximate surface area is 122 Å². The van der Waals surface area contributed by atoms with E-state index in [-0.39, 0.29) is 5.91 Å². The van der Waals surface area contributed by atoms with Crippen molar-refractivity contribution in [2.24, 2.45) is 0 Å². The predicted octanol–water partition coefficient (Wildman–Crippen LogP) is 1.76. The van der Waals surface area contributed by atoms with Gasteiger partial charge in [0.05, 0.1) is 11.4 Å². The highest BCUT2D eigenvalue weighted by Gasteiger charge is 2.23. The molecule has 0 saturated carbocycles. The molecule has 0 atom stereocenters. The molecular weight excluding hydrogens is 272 g/mol. The molecule has 104 valence electrons. The zero-order chi connectivity index (χ0) is 13.9. The fourth-order valence-corrected chi connectivity index (χ4v) is 3.07. The van der Waals surface area contributed by atoms with Crippen LogP contribution in [0.25, 0.3) is 5.69 Å². The van der Waals surface area contributed by atoms with Gasteiger partial charge in [-0.3, -0.25) is 4.79 Å². The summed E-state index contributed by atoms with van der Waals surface area (Å²) in [6, 6.07) is 9.64. The van der Waals surface area contributed by atoms with Crippen LogP contribution in [0.3, 0.4) is 0 Å². The molecule has 0 unspecified atom stereocenters. The average Bonchev–Trinajstić information content (AvgIpc) is 2.90. The molecule has 6 heteroatoms. The number of nitrogens with zero attached hydrogens (tertiary/aromatic N) is 4. The Balaban J connectivity index is 1.87. The molecule has 1 saturated heterocycles. The van der Waals surface area contributed by atoms with E-state index in [1.54, 1.807) is 0 Å². The first-order valence-electron chi connectivity index (χ1n) is 6.62. The Kier molecular flexibility index (Phi) is 3.73. The van der Waals surface area contributed by atoms with E-state index in [9.17, 15) is 4.79 Å². The monoisotopic (exact) mass is 288 g/mol. The lowest BCUT2D eigenvalue weighted by molar-refractivity contribution is 0.0765. The second-order valence-electron chi connectivity index (χ2n) is 4.66. The van der Waals surface area contributed by atoms with Gasteiger partial charge in [0.25, 0.3) is 5.91 Å². The maximum absolute atomic E-state index is 12.5. The van der Waals surface area contributed by atoms with Gasteiger partial charge in [0.1, 0.15) is 0 Å². The van der Waals surface area contributed by atoms with Crippen molar-refractivity contribution in [1.82, 2.24) is 19.9 Å². The van der Waals surface area contributed by atoms with Crippen LogP contribution in [0.2, 0.25) is 0 Å². The number of rotatable bonds is 2. The normalized spacial score (nSPS) is 15.3. The zero-order valence-electron chi connectivity index (χ0n) is 11.3. The Morgan fingerprint density at radius 2 is 1.85 bits per heavy atom. The number of benzene rings is 1. The molecule has 0 aliphatic carbocycles. The van der Waals surface area contributed by atoms with Crippen molar-refractivity contribution >= 4 is 17.7 Å². The fraction of sp³-hybridized carbons (Fsp3) is 0.357. The van der Waals surface area contributed by atoms with Crippen LogP contribution in [0.1, 0.15) is 16.2 Å². The standard InChI is InChI=1S/C14H16N4OS/c1-11-13(14(19)17-7-9-20-10-8-17)16-18(15-11)12-5-3-2-4-6-12/h2-6H,7-10H2,1H3. The number of carbonyl (C=O) groups is 1. The Morgan fingerprint density at radius 3 is 2.55 bits per heavy atom. The smallest absolute Gasteiger partial charge is 0.276 e. The molecule has 0 radical (unpaired) electrons. The summed E-state index contributed by atoms with van der Waals surface area (Å²) in [5.41, 5.74) is 2.00. The molecular formula is C14H16N4OS. The minimum Gasteiger partial charge on any atom is -0.336 e. The first-order chi connectivity index (χ1) is 9.75. The van der Waals surface area contributed by atoms with E-state index in [4.69, 9.17) is 0 Å². The molecule has 20 heavy (non-hydrogen) atoms. The van der Waals surface area contributed by atoms with Gasteiger partial charge in [-0.2, -0.15) is 21.7 Å². The summed E-state index contributed by atoms with van der Waals surface area (Å²) in [5.74, 6) is 1.99. The summed E-state index contributed by atoms with van der Waals surface area (Å²) in [5, 5.41) is 8.71. The lowest BCUT2D eigenvalue weighted by atomic mass is 10.3. The number of carbonyl (C=O) groups excluding carboxylic acids is 1. The summed E-state index contributed by atoms with van der Waals surface area (Å²) in [4.78, 5) is 15.9. The lowest BCUT2D eigenvalue weighted by Crippen LogP contribution is -2.38. The van der Waals surface area contributed by atoms with Gasteiger partial charge in [-0.25, -0.2) is 0 Å². The number of para-hydroxylation sites is 1. The fourth-order valence-electron chi connectivity index (χ4n) is 2.17. The molecule has 2 aromatic rings. The molecule has 1 aromatic carbocycles. The molecule has 3 rings (SSSR count). The Morgan fingerprint density at radius 1 is 1.15 bits per heavy atom. The minimum atomic E-state index is -0.00928. The summed E-state index contributed by atoms with van der Waals surface area (Å²) in [6.07, 6.45) is 0. The zero-order valence-corrected chi connectivity index (χ0v) is 12.1. The van der Waals surface area contributed by atoms with Crippen LogP contribution in [-0.4, -0.2) is 50.4 Å². The van der Waals surface area contributed by atoms with Gasteiger partial charge < -0.3 is 4.90 Å². The SMILES string of the molecule is Cc1nn(-c2ccccc2)nc1C(=O)N1CCSCC1. The summed E-state index contributed by atoms with van der Waals surface area (Å²) in [7, 11) is 0. The molecule has 1 aliphatic rings. The Bertz CT molecular complexity index is 605. The minimum absolute atomic E-state index is 0.00928. The molecule has 1 fully saturated rings. The summed E-state index contributed by atoms with van der Waals surface area (Å²) >= 11 is 1.88. The topological polar surface area (TPSA) is 51.0 Å². The average molecular weight is 288 g/mol. The third kappa shape index (κ3) is 2.56. The van der Waals surface area contributed by atoms with Crippen LogP contribution in [0.15, 0.2) is 30.3 Å². The third-order valence-corrected chi connectivity index (χ3v) is 4.21. The van der Waals surface area contributed by atoms with Gasteiger partial charge in [-0.15, -0.1) is 5.10 Å². The molecule has 0 N–H and O–H groups in total. The van der Waals surface area contributed by atoms with E-state index >= 15 is 0 Å². The van der Waals surface area contributed by atoms with Gasteiger partial charge in [-0.05, 0) is 19.1 Å². The van der Waals surface area contributed by atoms with Crippen molar-refractivity contribution in [3.63, 3.8) is 0 Å². The van der Waals surface area contributed by atoms with E-state index in [2.05, 4.69) is 10.2 Å². The molecule has 1 aromatic heterocycles. The van der Waals surface area contributed by atoms with Crippen LogP contribution in [-0.2, 0) is 0 Å². The first kappa shape index (κ1) is 13.2. The second kappa shape index (κ2) is 5.66. The number of amides is 1. The second-order valence-corrected chi connectivity index (χ2v) is 5.89. The Hall–Kier alpha value is -1.82. The van der Waals surface area contributed by atoms with E-state index in [0.717, 1.165) is 30.3 Å². The van der Waals surface area contributed by atoms with Gasteiger partial charge in [0, 0.05) is 24.6 Å². The number of aromatic nitrogens is 3. The van der Waals surface area contributed by atoms with Gasteiger partial charge >= 0.3 is 0 Å². The first-order valence-corrected chi connectivity index (χ1v) is 7.77. The maximum Gasteiger partial charge on any atom is 0.276 e. The van der Waals surface area contributed by atoms with E-state index < -0.39 is 0 Å². The van der Waals surface area contributed by atoms with Crippen molar-refractivity contribution in [3.8, 4) is 5.69 Å². The lowest BCUT2D eigenvalue weighted by Gasteiger charge is -2.25. The van der Waals surface area contributed by atoms with Crippen LogP contribution in [0.5, 0.6) is 0 Å². The summed E-state index contributed by atoms with van der Waals surface area (Å²) < 4.78 is 0. The molecule has 1 aliphatic heterocycles. The molecule has 2 heterocycles. The molecule has 1 amide bonds. The third-order valence-electron chi connectivity index (χ3n) is 3.27. The number of hydrogen-bond acceptors (Lipinski definition) is 4. The number of thioether (sulfide) groups is 1. The highest BCUT2D eigenvalue weighted by atomic mass is 32.2. The van der Waals surface area contributed by atoms with E-state index in [0.29, 0.717) is 11.4 Å². The highest BCUT2D eigenvalue weighted by Crippen LogP contribution is 2.14. The molecule has 0 spiro atoms. The highest BCUT2D eigenvalue weighted by molar-refractivity contribution is 7.99. The van der Waals surface area contributed by atoms with Crippen LogP contribution >= 0.6 is 11.8 Å².